The van der Waals surface area contributed by atoms with Gasteiger partial charge in [-0.1, -0.05) is 18.2 Å². The van der Waals surface area contributed by atoms with Crippen LogP contribution in [-0.2, 0) is 9.53 Å². The van der Waals surface area contributed by atoms with Gasteiger partial charge in [0.05, 0.1) is 19.6 Å². The topological polar surface area (TPSA) is 35.5 Å². The lowest BCUT2D eigenvalue weighted by Gasteiger charge is -2.13. The number of benzene rings is 1. The van der Waals surface area contributed by atoms with Gasteiger partial charge in [0.2, 0.25) is 0 Å². The number of hydrogen-bond acceptors (Lipinski definition) is 3. The zero-order valence-electron chi connectivity index (χ0n) is 9.32. The monoisotopic (exact) mass is 208 g/mol. The normalized spacial score (nSPS) is 11.9. The molecule has 0 saturated carbocycles. The zero-order valence-corrected chi connectivity index (χ0v) is 9.32. The number of esters is 1. The number of hydrogen-bond donors (Lipinski definition) is 0. The molecule has 3 nitrogen and oxygen atoms in total. The van der Waals surface area contributed by atoms with Crippen LogP contribution in [-0.4, -0.2) is 19.7 Å². The molecule has 0 N–H and O–H groups in total. The average Bonchev–Trinajstić information content (AvgIpc) is 2.28. The maximum Gasteiger partial charge on any atom is 0.313 e. The van der Waals surface area contributed by atoms with Gasteiger partial charge in [0.25, 0.3) is 0 Å². The smallest absolute Gasteiger partial charge is 0.313 e. The molecular formula is C12H16O3. The van der Waals surface area contributed by atoms with Gasteiger partial charge in [-0.2, -0.15) is 0 Å². The second-order valence-corrected chi connectivity index (χ2v) is 3.22. The number of methoxy groups -OCH3 is 1. The van der Waals surface area contributed by atoms with Crippen LogP contribution < -0.4 is 4.74 Å². The third-order valence-corrected chi connectivity index (χ3v) is 2.25. The quantitative estimate of drug-likeness (QED) is 0.712. The van der Waals surface area contributed by atoms with Crippen molar-refractivity contribution in [3.05, 3.63) is 29.8 Å². The van der Waals surface area contributed by atoms with Crippen molar-refractivity contribution in [2.24, 2.45) is 0 Å². The molecule has 0 aromatic heterocycles. The second-order valence-electron chi connectivity index (χ2n) is 3.22. The van der Waals surface area contributed by atoms with E-state index in [1.54, 1.807) is 14.0 Å². The first kappa shape index (κ1) is 11.6. The molecule has 0 amide bonds. The molecule has 0 radical (unpaired) electrons. The number of para-hydroxylation sites is 1. The van der Waals surface area contributed by atoms with E-state index >= 15 is 0 Å². The summed E-state index contributed by atoms with van der Waals surface area (Å²) in [6, 6.07) is 7.47. The van der Waals surface area contributed by atoms with Crippen LogP contribution in [0.15, 0.2) is 24.3 Å². The molecule has 82 valence electrons. The molecule has 0 bridgehead atoms. The molecule has 0 aliphatic rings. The van der Waals surface area contributed by atoms with E-state index in [1.165, 1.54) is 0 Å². The number of rotatable bonds is 4. The molecule has 0 spiro atoms. The van der Waals surface area contributed by atoms with Crippen molar-refractivity contribution in [1.82, 2.24) is 0 Å². The minimum absolute atomic E-state index is 0.220. The van der Waals surface area contributed by atoms with Crippen LogP contribution in [0.2, 0.25) is 0 Å². The highest BCUT2D eigenvalue weighted by Crippen LogP contribution is 2.26. The SMILES string of the molecule is CCOC(=O)[C@H](C)c1ccccc1OC. The molecule has 0 fully saturated rings. The van der Waals surface area contributed by atoms with E-state index in [0.29, 0.717) is 6.61 Å². The first-order valence-corrected chi connectivity index (χ1v) is 5.00. The van der Waals surface area contributed by atoms with Crippen molar-refractivity contribution in [3.63, 3.8) is 0 Å². The lowest BCUT2D eigenvalue weighted by molar-refractivity contribution is -0.144. The molecule has 0 unspecified atom stereocenters. The fraction of sp³-hybridized carbons (Fsp3) is 0.417. The zero-order chi connectivity index (χ0) is 11.3. The van der Waals surface area contributed by atoms with E-state index in [2.05, 4.69) is 0 Å². The van der Waals surface area contributed by atoms with Crippen LogP contribution in [0.5, 0.6) is 5.75 Å². The van der Waals surface area contributed by atoms with Gasteiger partial charge in [0.15, 0.2) is 0 Å². The predicted octanol–water partition coefficient (Wildman–Crippen LogP) is 2.36. The van der Waals surface area contributed by atoms with Crippen molar-refractivity contribution >= 4 is 5.97 Å². The van der Waals surface area contributed by atoms with Gasteiger partial charge in [-0.05, 0) is 19.9 Å². The van der Waals surface area contributed by atoms with Gasteiger partial charge in [-0.15, -0.1) is 0 Å². The highest BCUT2D eigenvalue weighted by atomic mass is 16.5. The summed E-state index contributed by atoms with van der Waals surface area (Å²) in [5.74, 6) is 0.209. The molecule has 0 aliphatic heterocycles. The van der Waals surface area contributed by atoms with Gasteiger partial charge < -0.3 is 9.47 Å². The van der Waals surface area contributed by atoms with E-state index in [1.807, 2.05) is 31.2 Å². The summed E-state index contributed by atoms with van der Waals surface area (Å²) < 4.78 is 10.2. The van der Waals surface area contributed by atoms with Crippen molar-refractivity contribution < 1.29 is 14.3 Å². The number of carbonyl (C=O) groups excluding carboxylic acids is 1. The predicted molar refractivity (Wildman–Crippen MR) is 58.0 cm³/mol. The maximum absolute atomic E-state index is 11.5. The minimum atomic E-state index is -0.291. The van der Waals surface area contributed by atoms with E-state index in [9.17, 15) is 4.79 Å². The Morgan fingerprint density at radius 3 is 2.67 bits per heavy atom. The largest absolute Gasteiger partial charge is 0.496 e. The fourth-order valence-electron chi connectivity index (χ4n) is 1.42. The molecule has 3 heteroatoms. The Bertz CT molecular complexity index is 333. The molecule has 1 aromatic carbocycles. The van der Waals surface area contributed by atoms with Crippen LogP contribution in [0.4, 0.5) is 0 Å². The second kappa shape index (κ2) is 5.39. The molecule has 15 heavy (non-hydrogen) atoms. The van der Waals surface area contributed by atoms with Crippen molar-refractivity contribution in [2.45, 2.75) is 19.8 Å². The summed E-state index contributed by atoms with van der Waals surface area (Å²) in [7, 11) is 1.59. The summed E-state index contributed by atoms with van der Waals surface area (Å²) >= 11 is 0. The third-order valence-electron chi connectivity index (χ3n) is 2.25. The first-order valence-electron chi connectivity index (χ1n) is 5.00. The highest BCUT2D eigenvalue weighted by molar-refractivity contribution is 5.78. The molecule has 1 rings (SSSR count). The average molecular weight is 208 g/mol. The molecule has 1 atom stereocenters. The van der Waals surface area contributed by atoms with E-state index < -0.39 is 0 Å². The van der Waals surface area contributed by atoms with Gasteiger partial charge in [0, 0.05) is 5.56 Å². The molecular weight excluding hydrogens is 192 g/mol. The molecule has 1 aromatic rings. The third kappa shape index (κ3) is 2.72. The standard InChI is InChI=1S/C12H16O3/c1-4-15-12(13)9(2)10-7-5-6-8-11(10)14-3/h5-9H,4H2,1-3H3/t9-/m1/s1. The van der Waals surface area contributed by atoms with E-state index in [4.69, 9.17) is 9.47 Å². The number of ether oxygens (including phenoxy) is 2. The van der Waals surface area contributed by atoms with Gasteiger partial charge in [-0.25, -0.2) is 0 Å². The van der Waals surface area contributed by atoms with Crippen LogP contribution in [0.25, 0.3) is 0 Å². The Morgan fingerprint density at radius 1 is 1.40 bits per heavy atom. The lowest BCUT2D eigenvalue weighted by atomic mass is 10.0. The molecule has 0 aliphatic carbocycles. The summed E-state index contributed by atoms with van der Waals surface area (Å²) in [4.78, 5) is 11.5. The van der Waals surface area contributed by atoms with Gasteiger partial charge in [0.1, 0.15) is 5.75 Å². The van der Waals surface area contributed by atoms with Crippen LogP contribution in [0, 0.1) is 0 Å². The Hall–Kier alpha value is -1.51. The molecule has 0 heterocycles. The Kier molecular flexibility index (Phi) is 4.16. The molecule has 0 saturated heterocycles. The Balaban J connectivity index is 2.89. The summed E-state index contributed by atoms with van der Waals surface area (Å²) in [6.07, 6.45) is 0. The van der Waals surface area contributed by atoms with E-state index in [-0.39, 0.29) is 11.9 Å². The maximum atomic E-state index is 11.5. The van der Waals surface area contributed by atoms with Crippen LogP contribution in [0.1, 0.15) is 25.3 Å². The Labute approximate surface area is 90.0 Å². The number of carbonyl (C=O) groups is 1. The van der Waals surface area contributed by atoms with Crippen molar-refractivity contribution in [1.29, 1.82) is 0 Å². The Morgan fingerprint density at radius 2 is 2.07 bits per heavy atom. The van der Waals surface area contributed by atoms with Gasteiger partial charge >= 0.3 is 5.97 Å². The summed E-state index contributed by atoms with van der Waals surface area (Å²) in [5.41, 5.74) is 0.860. The van der Waals surface area contributed by atoms with E-state index in [0.717, 1.165) is 11.3 Å². The van der Waals surface area contributed by atoms with Crippen LogP contribution >= 0.6 is 0 Å². The van der Waals surface area contributed by atoms with Crippen molar-refractivity contribution in [2.75, 3.05) is 13.7 Å². The lowest BCUT2D eigenvalue weighted by Crippen LogP contribution is -2.13. The first-order chi connectivity index (χ1) is 7.20. The van der Waals surface area contributed by atoms with Gasteiger partial charge in [-0.3, -0.25) is 4.79 Å². The highest BCUT2D eigenvalue weighted by Gasteiger charge is 2.19. The van der Waals surface area contributed by atoms with Crippen molar-refractivity contribution in [3.8, 4) is 5.75 Å². The summed E-state index contributed by atoms with van der Waals surface area (Å²) in [5, 5.41) is 0. The fourth-order valence-corrected chi connectivity index (χ4v) is 1.42. The minimum Gasteiger partial charge on any atom is -0.496 e. The van der Waals surface area contributed by atoms with Crippen LogP contribution in [0.3, 0.4) is 0 Å². The summed E-state index contributed by atoms with van der Waals surface area (Å²) in [6.45, 7) is 4.01.